The van der Waals surface area contributed by atoms with E-state index in [-0.39, 0.29) is 0 Å². The summed E-state index contributed by atoms with van der Waals surface area (Å²) in [5.41, 5.74) is 3.75. The lowest BCUT2D eigenvalue weighted by molar-refractivity contribution is 0.659. The number of hydrogen-bond acceptors (Lipinski definition) is 2. The molecule has 0 unspecified atom stereocenters. The van der Waals surface area contributed by atoms with Gasteiger partial charge in [-0.2, -0.15) is 5.10 Å². The lowest BCUT2D eigenvalue weighted by Crippen LogP contribution is -1.99. The van der Waals surface area contributed by atoms with Gasteiger partial charge in [0.2, 0.25) is 0 Å². The third-order valence-electron chi connectivity index (χ3n) is 3.06. The first-order valence-electron chi connectivity index (χ1n) is 6.54. The molecule has 0 atom stereocenters. The summed E-state index contributed by atoms with van der Waals surface area (Å²) in [6.45, 7) is 8.26. The van der Waals surface area contributed by atoms with Crippen LogP contribution in [0.4, 0.5) is 5.69 Å². The van der Waals surface area contributed by atoms with E-state index >= 15 is 0 Å². The zero-order valence-corrected chi connectivity index (χ0v) is 11.4. The number of benzene rings is 1. The maximum atomic E-state index is 4.27. The van der Waals surface area contributed by atoms with Crippen LogP contribution in [0.1, 0.15) is 37.8 Å². The van der Waals surface area contributed by atoms with Gasteiger partial charge in [-0.15, -0.1) is 0 Å². The third kappa shape index (κ3) is 3.13. The first-order valence-corrected chi connectivity index (χ1v) is 6.54. The molecule has 0 aliphatic carbocycles. The van der Waals surface area contributed by atoms with E-state index in [0.29, 0.717) is 5.92 Å². The largest absolute Gasteiger partial charge is 0.381 e. The van der Waals surface area contributed by atoms with Crippen LogP contribution in [0.25, 0.3) is 0 Å². The van der Waals surface area contributed by atoms with E-state index < -0.39 is 0 Å². The Kier molecular flexibility index (Phi) is 4.03. The van der Waals surface area contributed by atoms with Crippen molar-refractivity contribution in [1.82, 2.24) is 9.78 Å². The van der Waals surface area contributed by atoms with Crippen LogP contribution in [0.3, 0.4) is 0 Å². The highest BCUT2D eigenvalue weighted by Gasteiger charge is 2.01. The number of aromatic nitrogens is 2. The molecule has 0 saturated heterocycles. The van der Waals surface area contributed by atoms with Crippen molar-refractivity contribution in [2.45, 2.75) is 39.8 Å². The SMILES string of the molecule is CCn1cc(CNc2cccc(C(C)C)c2)cn1. The van der Waals surface area contributed by atoms with Gasteiger partial charge in [-0.05, 0) is 30.5 Å². The van der Waals surface area contributed by atoms with Gasteiger partial charge in [0.1, 0.15) is 0 Å². The number of nitrogens with zero attached hydrogens (tertiary/aromatic N) is 2. The van der Waals surface area contributed by atoms with Crippen molar-refractivity contribution in [3.8, 4) is 0 Å². The summed E-state index contributed by atoms with van der Waals surface area (Å²) >= 11 is 0. The first kappa shape index (κ1) is 12.7. The fourth-order valence-electron chi connectivity index (χ4n) is 1.88. The monoisotopic (exact) mass is 243 g/mol. The molecule has 0 aliphatic rings. The summed E-state index contributed by atoms with van der Waals surface area (Å²) in [6.07, 6.45) is 4.00. The molecule has 0 bridgehead atoms. The van der Waals surface area contributed by atoms with Crippen LogP contribution in [0, 0.1) is 0 Å². The molecular weight excluding hydrogens is 222 g/mol. The molecule has 1 N–H and O–H groups in total. The minimum atomic E-state index is 0.564. The number of aryl methyl sites for hydroxylation is 1. The number of nitrogens with one attached hydrogen (secondary N) is 1. The van der Waals surface area contributed by atoms with Gasteiger partial charge in [-0.1, -0.05) is 26.0 Å². The zero-order chi connectivity index (χ0) is 13.0. The van der Waals surface area contributed by atoms with Crippen molar-refractivity contribution in [3.05, 3.63) is 47.8 Å². The van der Waals surface area contributed by atoms with Crippen molar-refractivity contribution < 1.29 is 0 Å². The van der Waals surface area contributed by atoms with Gasteiger partial charge < -0.3 is 5.32 Å². The fraction of sp³-hybridized carbons (Fsp3) is 0.400. The van der Waals surface area contributed by atoms with E-state index in [1.54, 1.807) is 0 Å². The summed E-state index contributed by atoms with van der Waals surface area (Å²) in [7, 11) is 0. The molecule has 1 aromatic carbocycles. The Bertz CT molecular complexity index is 500. The van der Waals surface area contributed by atoms with Crippen LogP contribution >= 0.6 is 0 Å². The van der Waals surface area contributed by atoms with Crippen LogP contribution in [0.5, 0.6) is 0 Å². The summed E-state index contributed by atoms with van der Waals surface area (Å²) < 4.78 is 1.95. The average Bonchev–Trinajstić information content (AvgIpc) is 2.84. The second-order valence-corrected chi connectivity index (χ2v) is 4.84. The Hall–Kier alpha value is -1.77. The summed E-state index contributed by atoms with van der Waals surface area (Å²) in [5, 5.41) is 7.71. The fourth-order valence-corrected chi connectivity index (χ4v) is 1.88. The van der Waals surface area contributed by atoms with Crippen LogP contribution in [0.15, 0.2) is 36.7 Å². The van der Waals surface area contributed by atoms with Crippen LogP contribution in [-0.2, 0) is 13.1 Å². The average molecular weight is 243 g/mol. The topological polar surface area (TPSA) is 29.9 Å². The number of rotatable bonds is 5. The minimum Gasteiger partial charge on any atom is -0.381 e. The van der Waals surface area contributed by atoms with Crippen LogP contribution < -0.4 is 5.32 Å². The zero-order valence-electron chi connectivity index (χ0n) is 11.4. The predicted octanol–water partition coefficient (Wildman–Crippen LogP) is 3.64. The Morgan fingerprint density at radius 2 is 2.17 bits per heavy atom. The summed E-state index contributed by atoms with van der Waals surface area (Å²) in [4.78, 5) is 0. The van der Waals surface area contributed by atoms with E-state index in [9.17, 15) is 0 Å². The van der Waals surface area contributed by atoms with E-state index in [0.717, 1.165) is 13.1 Å². The van der Waals surface area contributed by atoms with Crippen molar-refractivity contribution >= 4 is 5.69 Å². The highest BCUT2D eigenvalue weighted by molar-refractivity contribution is 5.46. The molecule has 1 aromatic heterocycles. The van der Waals surface area contributed by atoms with E-state index in [4.69, 9.17) is 0 Å². The highest BCUT2D eigenvalue weighted by Crippen LogP contribution is 2.18. The van der Waals surface area contributed by atoms with Gasteiger partial charge in [0.05, 0.1) is 6.20 Å². The summed E-state index contributed by atoms with van der Waals surface area (Å²) in [6, 6.07) is 8.60. The molecule has 0 radical (unpaired) electrons. The van der Waals surface area contributed by atoms with Gasteiger partial charge in [0, 0.05) is 30.5 Å². The number of anilines is 1. The lowest BCUT2D eigenvalue weighted by atomic mass is 10.0. The van der Waals surface area contributed by atoms with Crippen LogP contribution in [-0.4, -0.2) is 9.78 Å². The Morgan fingerprint density at radius 1 is 1.33 bits per heavy atom. The van der Waals surface area contributed by atoms with Gasteiger partial charge >= 0.3 is 0 Å². The van der Waals surface area contributed by atoms with Crippen molar-refractivity contribution in [1.29, 1.82) is 0 Å². The Balaban J connectivity index is 1.99. The van der Waals surface area contributed by atoms with E-state index in [2.05, 4.69) is 61.6 Å². The second kappa shape index (κ2) is 5.71. The molecule has 96 valence electrons. The Morgan fingerprint density at radius 3 is 2.83 bits per heavy atom. The molecule has 18 heavy (non-hydrogen) atoms. The molecule has 0 aliphatic heterocycles. The van der Waals surface area contributed by atoms with E-state index in [1.165, 1.54) is 16.8 Å². The molecule has 2 rings (SSSR count). The number of hydrogen-bond donors (Lipinski definition) is 1. The van der Waals surface area contributed by atoms with Gasteiger partial charge in [0.15, 0.2) is 0 Å². The van der Waals surface area contributed by atoms with Gasteiger partial charge in [-0.25, -0.2) is 0 Å². The molecule has 1 heterocycles. The molecule has 0 spiro atoms. The highest BCUT2D eigenvalue weighted by atomic mass is 15.3. The predicted molar refractivity (Wildman–Crippen MR) is 75.8 cm³/mol. The first-order chi connectivity index (χ1) is 8.69. The maximum absolute atomic E-state index is 4.27. The maximum Gasteiger partial charge on any atom is 0.0539 e. The molecule has 0 amide bonds. The molecule has 0 saturated carbocycles. The molecule has 0 fully saturated rings. The smallest absolute Gasteiger partial charge is 0.0539 e. The quantitative estimate of drug-likeness (QED) is 0.869. The lowest BCUT2D eigenvalue weighted by Gasteiger charge is -2.09. The van der Waals surface area contributed by atoms with Crippen LogP contribution in [0.2, 0.25) is 0 Å². The molecule has 3 nitrogen and oxygen atoms in total. The summed E-state index contributed by atoms with van der Waals surface area (Å²) in [5.74, 6) is 0.564. The molecule has 3 heteroatoms. The second-order valence-electron chi connectivity index (χ2n) is 4.84. The molecular formula is C15H21N3. The molecule has 2 aromatic rings. The van der Waals surface area contributed by atoms with Crippen molar-refractivity contribution in [2.75, 3.05) is 5.32 Å². The Labute approximate surface area is 109 Å². The minimum absolute atomic E-state index is 0.564. The van der Waals surface area contributed by atoms with Gasteiger partial charge in [0.25, 0.3) is 0 Å². The van der Waals surface area contributed by atoms with Crippen molar-refractivity contribution in [3.63, 3.8) is 0 Å². The van der Waals surface area contributed by atoms with Crippen molar-refractivity contribution in [2.24, 2.45) is 0 Å². The van der Waals surface area contributed by atoms with Gasteiger partial charge in [-0.3, -0.25) is 4.68 Å². The standard InChI is InChI=1S/C15H21N3/c1-4-18-11-13(10-17-18)9-16-15-7-5-6-14(8-15)12(2)3/h5-8,10-12,16H,4,9H2,1-3H3. The third-order valence-corrected chi connectivity index (χ3v) is 3.06. The van der Waals surface area contributed by atoms with E-state index in [1.807, 2.05) is 10.9 Å². The normalized spacial score (nSPS) is 10.9.